The Morgan fingerprint density at radius 2 is 1.55 bits per heavy atom. The molecule has 0 aliphatic rings. The van der Waals surface area contributed by atoms with E-state index in [-0.39, 0.29) is 12.0 Å². The van der Waals surface area contributed by atoms with Crippen LogP contribution in [-0.4, -0.2) is 23.0 Å². The van der Waals surface area contributed by atoms with Crippen LogP contribution in [0.1, 0.15) is 34.8 Å². The molecule has 0 fully saturated rings. The van der Waals surface area contributed by atoms with E-state index in [2.05, 4.69) is 5.32 Å². The normalized spacial score (nSPS) is 13.2. The lowest BCUT2D eigenvalue weighted by atomic mass is 9.94. The first-order valence-electron chi connectivity index (χ1n) is 10.5. The summed E-state index contributed by atoms with van der Waals surface area (Å²) in [6.07, 6.45) is -4.08. The quantitative estimate of drug-likeness (QED) is 0.450. The van der Waals surface area contributed by atoms with Crippen molar-refractivity contribution in [2.24, 2.45) is 5.92 Å². The highest BCUT2D eigenvalue weighted by molar-refractivity contribution is 5.94. The van der Waals surface area contributed by atoms with Crippen LogP contribution in [0, 0.1) is 5.92 Å². The van der Waals surface area contributed by atoms with Crippen LogP contribution in [0.5, 0.6) is 0 Å². The van der Waals surface area contributed by atoms with Crippen molar-refractivity contribution in [1.82, 2.24) is 5.32 Å². The average molecular weight is 455 g/mol. The molecule has 2 N–H and O–H groups in total. The maximum Gasteiger partial charge on any atom is 0.416 e. The molecule has 0 saturated carbocycles. The minimum atomic E-state index is -4.56. The van der Waals surface area contributed by atoms with E-state index in [1.165, 1.54) is 19.1 Å². The van der Waals surface area contributed by atoms with Crippen LogP contribution in [0.25, 0.3) is 11.1 Å². The maximum atomic E-state index is 13.0. The number of carboxylic acid groups (broad SMARTS) is 1. The second-order valence-corrected chi connectivity index (χ2v) is 7.99. The van der Waals surface area contributed by atoms with Crippen molar-refractivity contribution in [3.63, 3.8) is 0 Å². The topological polar surface area (TPSA) is 66.4 Å². The monoisotopic (exact) mass is 455 g/mol. The zero-order valence-corrected chi connectivity index (χ0v) is 18.0. The van der Waals surface area contributed by atoms with Crippen molar-refractivity contribution < 1.29 is 27.9 Å². The van der Waals surface area contributed by atoms with Gasteiger partial charge in [0, 0.05) is 11.6 Å². The molecule has 4 nitrogen and oxygen atoms in total. The lowest BCUT2D eigenvalue weighted by molar-refractivity contribution is -0.141. The molecule has 0 radical (unpaired) electrons. The molecule has 3 rings (SSSR count). The number of hydrogen-bond donors (Lipinski definition) is 2. The van der Waals surface area contributed by atoms with Gasteiger partial charge >= 0.3 is 12.1 Å². The Balaban J connectivity index is 1.77. The minimum Gasteiger partial charge on any atom is -0.481 e. The van der Waals surface area contributed by atoms with E-state index in [4.69, 9.17) is 0 Å². The largest absolute Gasteiger partial charge is 0.481 e. The van der Waals surface area contributed by atoms with Crippen molar-refractivity contribution in [3.05, 3.63) is 95.6 Å². The van der Waals surface area contributed by atoms with E-state index in [9.17, 15) is 27.9 Å². The van der Waals surface area contributed by atoms with E-state index in [0.717, 1.165) is 28.8 Å². The fraction of sp³-hybridized carbons (Fsp3) is 0.231. The van der Waals surface area contributed by atoms with Crippen molar-refractivity contribution >= 4 is 11.9 Å². The number of nitrogens with one attached hydrogen (secondary N) is 1. The smallest absolute Gasteiger partial charge is 0.416 e. The Hall–Kier alpha value is -3.61. The molecule has 172 valence electrons. The lowest BCUT2D eigenvalue weighted by Crippen LogP contribution is -2.38. The van der Waals surface area contributed by atoms with Gasteiger partial charge in [-0.25, -0.2) is 0 Å². The number of amides is 1. The van der Waals surface area contributed by atoms with Crippen LogP contribution in [0.4, 0.5) is 13.2 Å². The molecule has 3 aromatic rings. The number of aliphatic carboxylic acids is 1. The Bertz CT molecular complexity index is 1100. The summed E-state index contributed by atoms with van der Waals surface area (Å²) in [7, 11) is 0. The number of benzene rings is 3. The van der Waals surface area contributed by atoms with Crippen LogP contribution in [-0.2, 0) is 17.4 Å². The first kappa shape index (κ1) is 24.0. The van der Waals surface area contributed by atoms with Gasteiger partial charge in [0.2, 0.25) is 0 Å². The van der Waals surface area contributed by atoms with Crippen LogP contribution in [0.2, 0.25) is 0 Å². The van der Waals surface area contributed by atoms with Crippen molar-refractivity contribution in [3.8, 4) is 11.1 Å². The molecule has 0 spiro atoms. The number of carboxylic acids is 1. The summed E-state index contributed by atoms with van der Waals surface area (Å²) in [5.74, 6) is -2.42. The fourth-order valence-electron chi connectivity index (χ4n) is 3.57. The molecule has 7 heteroatoms. The summed E-state index contributed by atoms with van der Waals surface area (Å²) in [6.45, 7) is 1.53. The van der Waals surface area contributed by atoms with E-state index in [1.807, 2.05) is 54.6 Å². The van der Waals surface area contributed by atoms with E-state index in [0.29, 0.717) is 6.42 Å². The molecule has 0 aliphatic carbocycles. The number of carbonyl (C=O) groups is 2. The molecule has 0 bridgehead atoms. The zero-order valence-electron chi connectivity index (χ0n) is 18.0. The van der Waals surface area contributed by atoms with Gasteiger partial charge in [0.15, 0.2) is 0 Å². The molecule has 0 aliphatic heterocycles. The molecule has 2 atom stereocenters. The first-order valence-corrected chi connectivity index (χ1v) is 10.5. The predicted molar refractivity (Wildman–Crippen MR) is 120 cm³/mol. The van der Waals surface area contributed by atoms with Crippen molar-refractivity contribution in [2.75, 3.05) is 0 Å². The highest BCUT2D eigenvalue weighted by Crippen LogP contribution is 2.29. The van der Waals surface area contributed by atoms with Crippen LogP contribution in [0.15, 0.2) is 78.9 Å². The van der Waals surface area contributed by atoms with Crippen LogP contribution < -0.4 is 5.32 Å². The van der Waals surface area contributed by atoms with Crippen LogP contribution in [0.3, 0.4) is 0 Å². The van der Waals surface area contributed by atoms with E-state index >= 15 is 0 Å². The highest BCUT2D eigenvalue weighted by atomic mass is 19.4. The third-order valence-electron chi connectivity index (χ3n) is 5.39. The van der Waals surface area contributed by atoms with Gasteiger partial charge in [0.1, 0.15) is 0 Å². The summed E-state index contributed by atoms with van der Waals surface area (Å²) < 4.78 is 39.0. The maximum absolute atomic E-state index is 13.0. The Morgan fingerprint density at radius 3 is 2.15 bits per heavy atom. The number of hydrogen-bond acceptors (Lipinski definition) is 2. The SMILES string of the molecule is C[C@H](C[C@@H](Cc1ccc(-c2ccccc2)cc1)NC(=O)c1cccc(C(F)(F)F)c1)C(=O)O. The second kappa shape index (κ2) is 10.3. The second-order valence-electron chi connectivity index (χ2n) is 7.99. The van der Waals surface area contributed by atoms with Gasteiger partial charge in [-0.3, -0.25) is 9.59 Å². The Morgan fingerprint density at radius 1 is 0.909 bits per heavy atom. The molecular formula is C26H24F3NO3. The fourth-order valence-corrected chi connectivity index (χ4v) is 3.57. The zero-order chi connectivity index (χ0) is 24.0. The third-order valence-corrected chi connectivity index (χ3v) is 5.39. The summed E-state index contributed by atoms with van der Waals surface area (Å²) in [5, 5.41) is 12.0. The van der Waals surface area contributed by atoms with Gasteiger partial charge in [0.25, 0.3) is 5.91 Å². The first-order chi connectivity index (χ1) is 15.6. The van der Waals surface area contributed by atoms with Crippen LogP contribution >= 0.6 is 0 Å². The van der Waals surface area contributed by atoms with Gasteiger partial charge in [-0.15, -0.1) is 0 Å². The molecule has 0 aromatic heterocycles. The highest BCUT2D eigenvalue weighted by Gasteiger charge is 2.31. The number of alkyl halides is 3. The standard InChI is InChI=1S/C26H24F3NO3/c1-17(25(32)33)14-23(30-24(31)21-8-5-9-22(16-21)26(27,28)29)15-18-10-12-20(13-11-18)19-6-3-2-4-7-19/h2-13,16-17,23H,14-15H2,1H3,(H,30,31)(H,32,33)/t17-,23+/m1/s1. The Labute approximate surface area is 190 Å². The summed E-state index contributed by atoms with van der Waals surface area (Å²) >= 11 is 0. The average Bonchev–Trinajstić information content (AvgIpc) is 2.79. The molecule has 0 heterocycles. The summed E-state index contributed by atoms with van der Waals surface area (Å²) in [4.78, 5) is 24.1. The molecular weight excluding hydrogens is 431 g/mol. The van der Waals surface area contributed by atoms with Gasteiger partial charge in [0.05, 0.1) is 11.5 Å². The van der Waals surface area contributed by atoms with Gasteiger partial charge in [-0.05, 0) is 47.7 Å². The van der Waals surface area contributed by atoms with E-state index < -0.39 is 35.6 Å². The number of rotatable bonds is 8. The third kappa shape index (κ3) is 6.68. The number of carbonyl (C=O) groups excluding carboxylic acids is 1. The molecule has 1 amide bonds. The molecule has 3 aromatic carbocycles. The Kier molecular flexibility index (Phi) is 7.53. The van der Waals surface area contributed by atoms with Crippen molar-refractivity contribution in [1.29, 1.82) is 0 Å². The summed E-state index contributed by atoms with van der Waals surface area (Å²) in [5.41, 5.74) is 1.90. The van der Waals surface area contributed by atoms with Gasteiger partial charge in [-0.1, -0.05) is 67.6 Å². The van der Waals surface area contributed by atoms with Gasteiger partial charge in [-0.2, -0.15) is 13.2 Å². The molecule has 0 unspecified atom stereocenters. The minimum absolute atomic E-state index is 0.128. The molecule has 0 saturated heterocycles. The number of halogens is 3. The van der Waals surface area contributed by atoms with E-state index in [1.54, 1.807) is 0 Å². The van der Waals surface area contributed by atoms with Gasteiger partial charge < -0.3 is 10.4 Å². The summed E-state index contributed by atoms with van der Waals surface area (Å²) in [6, 6.07) is 21.1. The predicted octanol–water partition coefficient (Wildman–Crippen LogP) is 5.82. The van der Waals surface area contributed by atoms with Crippen molar-refractivity contribution in [2.45, 2.75) is 32.0 Å². The molecule has 33 heavy (non-hydrogen) atoms. The lowest BCUT2D eigenvalue weighted by Gasteiger charge is -2.21.